The summed E-state index contributed by atoms with van der Waals surface area (Å²) in [5.74, 6) is 3.89. The lowest BCUT2D eigenvalue weighted by molar-refractivity contribution is 0.890. The molecule has 29 aromatic rings. The molecule has 0 aliphatic carbocycles. The van der Waals surface area contributed by atoms with Gasteiger partial charge in [-0.15, -0.1) is 0 Å². The molecule has 29 rings (SSSR count). The summed E-state index contributed by atoms with van der Waals surface area (Å²) >= 11 is 0. The van der Waals surface area contributed by atoms with E-state index in [4.69, 9.17) is 24.9 Å². The van der Waals surface area contributed by atoms with E-state index in [0.29, 0.717) is 17.7 Å². The molecule has 11 aromatic heterocycles. The van der Waals surface area contributed by atoms with Crippen molar-refractivity contribution in [2.75, 3.05) is 0 Å². The molecule has 0 spiro atoms. The van der Waals surface area contributed by atoms with Gasteiger partial charge in [0, 0.05) is 86.7 Å². The largest absolute Gasteiger partial charge is 0.308 e. The maximum absolute atomic E-state index is 5.98. The number of rotatable bonds is 11. The highest BCUT2D eigenvalue weighted by atomic mass is 15.3. The quantitative estimate of drug-likeness (QED) is 0.128. The molecule has 0 amide bonds. The Balaban J connectivity index is 0.653. The van der Waals surface area contributed by atoms with Crippen LogP contribution < -0.4 is 0 Å². The van der Waals surface area contributed by atoms with Gasteiger partial charge in [-0.3, -0.25) is 27.2 Å². The fourth-order valence-corrected chi connectivity index (χ4v) is 22.0. The average Bonchev–Trinajstić information content (AvgIpc) is 1.53. The van der Waals surface area contributed by atoms with E-state index in [2.05, 4.69) is 466 Å². The van der Waals surface area contributed by atoms with E-state index in [1.54, 1.807) is 0 Å². The minimum atomic E-state index is 0.490. The van der Waals surface area contributed by atoms with Gasteiger partial charge in [-0.05, 0) is 168 Å². The van der Waals surface area contributed by atoms with E-state index < -0.39 is 0 Å². The van der Waals surface area contributed by atoms with Crippen LogP contribution in [-0.2, 0) is 0 Å². The zero-order chi connectivity index (χ0) is 85.4. The highest BCUT2D eigenvalue weighted by Crippen LogP contribution is 2.48. The molecular formula is C117H70N14. The topological polar surface area (TPSA) is 108 Å². The SMILES string of the molecule is c1ccc(-n2c3ccccc3n3c4ccc5c6ccccc6n(-c6ccccc6-c6cc(-n7c8ccccc8c8ccccc87)nc(-n7c8ccccc8c8cc(-c9ccc%10c%11ccccc%11n(-c%11cccc(-n%12c%13ccccc%13c%13ccccc%13%12)c%11-c%11nc(-n%12c%13ccccc%13c%13ccccc%13%12)nc(-n%12c%13ccccc%13c%13ccccc%13%12)n%11)c%10c9)ccc87)c6)c5c4nc23)cc1. The van der Waals surface area contributed by atoms with Gasteiger partial charge in [-0.2, -0.15) is 15.0 Å². The van der Waals surface area contributed by atoms with Crippen molar-refractivity contribution in [1.82, 2.24) is 65.9 Å². The van der Waals surface area contributed by atoms with Crippen LogP contribution in [0.2, 0.25) is 0 Å². The Kier molecular flexibility index (Phi) is 14.8. The van der Waals surface area contributed by atoms with E-state index in [1.807, 2.05) is 0 Å². The molecule has 0 saturated carbocycles. The van der Waals surface area contributed by atoms with Gasteiger partial charge in [0.2, 0.25) is 17.7 Å². The molecule has 0 saturated heterocycles. The Morgan fingerprint density at radius 1 is 0.176 bits per heavy atom. The van der Waals surface area contributed by atoms with Crippen LogP contribution in [0.15, 0.2) is 425 Å². The second-order valence-corrected chi connectivity index (χ2v) is 34.3. The lowest BCUT2D eigenvalue weighted by Crippen LogP contribution is -2.12. The number of pyridine rings is 1. The first-order valence-corrected chi connectivity index (χ1v) is 44.5. The van der Waals surface area contributed by atoms with Crippen LogP contribution in [0.25, 0.3) is 260 Å². The van der Waals surface area contributed by atoms with Gasteiger partial charge < -0.3 is 13.7 Å². The highest BCUT2D eigenvalue weighted by molar-refractivity contribution is 6.21. The first-order chi connectivity index (χ1) is 65.0. The van der Waals surface area contributed by atoms with Crippen LogP contribution in [0.3, 0.4) is 0 Å². The van der Waals surface area contributed by atoms with Gasteiger partial charge in [0.25, 0.3) is 0 Å². The second kappa shape index (κ2) is 27.3. The van der Waals surface area contributed by atoms with Crippen molar-refractivity contribution in [1.29, 1.82) is 0 Å². The van der Waals surface area contributed by atoms with E-state index in [1.165, 1.54) is 0 Å². The predicted molar refractivity (Wildman–Crippen MR) is 537 cm³/mol. The Morgan fingerprint density at radius 3 is 1.01 bits per heavy atom. The van der Waals surface area contributed by atoms with Crippen molar-refractivity contribution >= 4 is 180 Å². The number of aromatic nitrogens is 14. The van der Waals surface area contributed by atoms with Gasteiger partial charge >= 0.3 is 0 Å². The zero-order valence-corrected chi connectivity index (χ0v) is 70.2. The normalized spacial score (nSPS) is 12.3. The minimum absolute atomic E-state index is 0.490. The molecular weight excluding hydrogens is 1600 g/mol. The molecule has 0 atom stereocenters. The summed E-state index contributed by atoms with van der Waals surface area (Å²) in [6.45, 7) is 0. The molecule has 0 aliphatic heterocycles. The van der Waals surface area contributed by atoms with Crippen molar-refractivity contribution in [3.63, 3.8) is 0 Å². The smallest absolute Gasteiger partial charge is 0.240 e. The molecule has 14 heteroatoms. The van der Waals surface area contributed by atoms with Crippen molar-refractivity contribution < 1.29 is 0 Å². The fourth-order valence-electron chi connectivity index (χ4n) is 22.0. The minimum Gasteiger partial charge on any atom is -0.308 e. The van der Waals surface area contributed by atoms with E-state index in [-0.39, 0.29) is 0 Å². The predicted octanol–water partition coefficient (Wildman–Crippen LogP) is 28.7. The summed E-state index contributed by atoms with van der Waals surface area (Å²) in [6, 6.07) is 154. The Morgan fingerprint density at radius 2 is 0.519 bits per heavy atom. The summed E-state index contributed by atoms with van der Waals surface area (Å²) in [6.07, 6.45) is 0. The first kappa shape index (κ1) is 71.3. The molecule has 14 nitrogen and oxygen atoms in total. The fraction of sp³-hybridized carbons (Fsp3) is 0. The third kappa shape index (κ3) is 10.1. The van der Waals surface area contributed by atoms with Gasteiger partial charge in [-0.1, -0.05) is 273 Å². The standard InChI is InChI=1S/C117H70N14/c1-2-31-74(32-3-1)123-103-57-28-29-58-104(103)131-107-66-64-88-85-43-14-23-52-97(85)128(113(88)112(107)119-117(123)131)90-45-16-4-33-75(90)73-69-109(126-94-49-20-8-36-78(94)79-37-9-21-50-95(79)126)118-110(70-73)127-96-51-22-15-44-86(96)89-67-71(62-65-102(89)127)72-61-63-87-84-42-7-19-48-93(84)125(108(87)68-72)106-60-30-59-105(124-91-46-17-5-34-76(91)77-35-6-18-47-92(77)124)111(106)114-120-115(129-98-53-24-10-38-80(98)81-39-11-25-54-99(81)129)122-116(121-114)130-100-55-26-12-40-82(100)83-41-13-27-56-101(83)130/h1-70H. The summed E-state index contributed by atoms with van der Waals surface area (Å²) < 4.78 is 21.2. The van der Waals surface area contributed by atoms with Crippen molar-refractivity contribution in [3.8, 4) is 79.9 Å². The van der Waals surface area contributed by atoms with Gasteiger partial charge in [-0.25, -0.2) is 9.97 Å². The zero-order valence-electron chi connectivity index (χ0n) is 70.2. The van der Waals surface area contributed by atoms with Crippen LogP contribution >= 0.6 is 0 Å². The van der Waals surface area contributed by atoms with Crippen LogP contribution in [0.1, 0.15) is 0 Å². The highest BCUT2D eigenvalue weighted by Gasteiger charge is 2.31. The number of benzene rings is 18. The maximum Gasteiger partial charge on any atom is 0.240 e. The monoisotopic (exact) mass is 1670 g/mol. The second-order valence-electron chi connectivity index (χ2n) is 34.3. The van der Waals surface area contributed by atoms with Gasteiger partial charge in [0.05, 0.1) is 116 Å². The molecule has 0 aliphatic rings. The van der Waals surface area contributed by atoms with Crippen LogP contribution in [0.4, 0.5) is 0 Å². The van der Waals surface area contributed by atoms with Crippen LogP contribution in [0, 0.1) is 0 Å². The molecule has 0 radical (unpaired) electrons. The molecule has 0 unspecified atom stereocenters. The van der Waals surface area contributed by atoms with Gasteiger partial charge in [0.15, 0.2) is 5.82 Å². The van der Waals surface area contributed by atoms with Crippen molar-refractivity contribution in [3.05, 3.63) is 425 Å². The van der Waals surface area contributed by atoms with E-state index in [0.717, 1.165) is 243 Å². The summed E-state index contributed by atoms with van der Waals surface area (Å²) in [5, 5.41) is 15.7. The summed E-state index contributed by atoms with van der Waals surface area (Å²) in [5.41, 5.74) is 27.3. The maximum atomic E-state index is 5.98. The Labute approximate surface area is 746 Å². The Bertz CT molecular complexity index is 9640. The lowest BCUT2D eigenvalue weighted by atomic mass is 10.0. The molecule has 11 heterocycles. The van der Waals surface area contributed by atoms with Crippen LogP contribution in [0.5, 0.6) is 0 Å². The number of hydrogen-bond donors (Lipinski definition) is 0. The number of imidazole rings is 2. The molecule has 0 bridgehead atoms. The Hall–Kier alpha value is -18.0. The lowest BCUT2D eigenvalue weighted by Gasteiger charge is -2.20. The summed E-state index contributed by atoms with van der Waals surface area (Å²) in [4.78, 5) is 29.3. The first-order valence-electron chi connectivity index (χ1n) is 44.5. The average molecular weight is 1670 g/mol. The number of hydrogen-bond acceptors (Lipinski definition) is 5. The molecule has 131 heavy (non-hydrogen) atoms. The van der Waals surface area contributed by atoms with Crippen molar-refractivity contribution in [2.24, 2.45) is 0 Å². The van der Waals surface area contributed by atoms with Crippen molar-refractivity contribution in [2.45, 2.75) is 0 Å². The number of fused-ring (bicyclic) bond motifs is 27. The third-order valence-corrected chi connectivity index (χ3v) is 27.5. The van der Waals surface area contributed by atoms with E-state index in [9.17, 15) is 0 Å². The van der Waals surface area contributed by atoms with Gasteiger partial charge in [0.1, 0.15) is 17.2 Å². The number of nitrogens with zero attached hydrogens (tertiary/aromatic N) is 14. The molecule has 608 valence electrons. The number of para-hydroxylation sites is 15. The van der Waals surface area contributed by atoms with Crippen LogP contribution in [-0.4, -0.2) is 65.9 Å². The molecule has 0 fully saturated rings. The molecule has 18 aromatic carbocycles. The van der Waals surface area contributed by atoms with E-state index >= 15 is 0 Å². The third-order valence-electron chi connectivity index (χ3n) is 27.5. The molecule has 0 N–H and O–H groups in total. The summed E-state index contributed by atoms with van der Waals surface area (Å²) in [7, 11) is 0.